The highest BCUT2D eigenvalue weighted by atomic mass is 32.1. The van der Waals surface area contributed by atoms with Gasteiger partial charge < -0.3 is 10.2 Å². The van der Waals surface area contributed by atoms with Crippen LogP contribution in [0.4, 0.5) is 10.1 Å². The summed E-state index contributed by atoms with van der Waals surface area (Å²) in [5.74, 6) is -0.352. The Kier molecular flexibility index (Phi) is 5.47. The highest BCUT2D eigenvalue weighted by Crippen LogP contribution is 2.09. The van der Waals surface area contributed by atoms with E-state index in [1.54, 1.807) is 23.5 Å². The van der Waals surface area contributed by atoms with Gasteiger partial charge in [0.15, 0.2) is 6.04 Å². The molecule has 2 N–H and O–H groups in total. The SMILES string of the molecule is CC[NH+](Cc1cccs1)[C@@H](C)C(=O)Nc1ccc(F)cc1. The summed E-state index contributed by atoms with van der Waals surface area (Å²) in [6, 6.07) is 9.78. The zero-order valence-corrected chi connectivity index (χ0v) is 13.0. The Morgan fingerprint density at radius 3 is 2.62 bits per heavy atom. The Morgan fingerprint density at radius 1 is 1.33 bits per heavy atom. The molecule has 0 aliphatic carbocycles. The number of quaternary nitrogens is 1. The molecule has 1 unspecified atom stereocenters. The third-order valence-electron chi connectivity index (χ3n) is 3.55. The average Bonchev–Trinajstić information content (AvgIpc) is 2.99. The highest BCUT2D eigenvalue weighted by Gasteiger charge is 2.24. The van der Waals surface area contributed by atoms with Crippen molar-refractivity contribution in [2.24, 2.45) is 0 Å². The summed E-state index contributed by atoms with van der Waals surface area (Å²) < 4.78 is 12.9. The van der Waals surface area contributed by atoms with Gasteiger partial charge in [-0.2, -0.15) is 0 Å². The fraction of sp³-hybridized carbons (Fsp3) is 0.312. The number of anilines is 1. The van der Waals surface area contributed by atoms with E-state index in [0.29, 0.717) is 5.69 Å². The fourth-order valence-corrected chi connectivity index (χ4v) is 2.95. The molecule has 2 atom stereocenters. The zero-order valence-electron chi connectivity index (χ0n) is 12.2. The Morgan fingerprint density at radius 2 is 2.05 bits per heavy atom. The van der Waals surface area contributed by atoms with Gasteiger partial charge in [-0.05, 0) is 49.6 Å². The van der Waals surface area contributed by atoms with Gasteiger partial charge in [-0.15, -0.1) is 11.3 Å². The summed E-state index contributed by atoms with van der Waals surface area (Å²) in [6.45, 7) is 5.71. The second-order valence-electron chi connectivity index (χ2n) is 4.99. The van der Waals surface area contributed by atoms with Gasteiger partial charge in [-0.3, -0.25) is 4.79 Å². The van der Waals surface area contributed by atoms with E-state index >= 15 is 0 Å². The molecule has 0 saturated heterocycles. The molecule has 1 aromatic carbocycles. The van der Waals surface area contributed by atoms with E-state index in [9.17, 15) is 9.18 Å². The minimum atomic E-state index is -0.306. The van der Waals surface area contributed by atoms with Crippen LogP contribution < -0.4 is 10.2 Å². The van der Waals surface area contributed by atoms with Crippen molar-refractivity contribution in [1.82, 2.24) is 0 Å². The first-order valence-corrected chi connectivity index (χ1v) is 7.91. The minimum Gasteiger partial charge on any atom is -0.321 e. The van der Waals surface area contributed by atoms with Crippen molar-refractivity contribution in [2.45, 2.75) is 26.4 Å². The van der Waals surface area contributed by atoms with E-state index in [-0.39, 0.29) is 17.8 Å². The van der Waals surface area contributed by atoms with Gasteiger partial charge in [-0.1, -0.05) is 6.07 Å². The lowest BCUT2D eigenvalue weighted by Gasteiger charge is -2.23. The van der Waals surface area contributed by atoms with Gasteiger partial charge in [0.1, 0.15) is 12.4 Å². The van der Waals surface area contributed by atoms with Crippen molar-refractivity contribution in [3.8, 4) is 0 Å². The van der Waals surface area contributed by atoms with E-state index in [4.69, 9.17) is 0 Å². The monoisotopic (exact) mass is 307 g/mol. The molecule has 0 radical (unpaired) electrons. The molecule has 5 heteroatoms. The summed E-state index contributed by atoms with van der Waals surface area (Å²) in [4.78, 5) is 14.8. The molecule has 21 heavy (non-hydrogen) atoms. The van der Waals surface area contributed by atoms with Crippen LogP contribution in [0.3, 0.4) is 0 Å². The molecule has 112 valence electrons. The van der Waals surface area contributed by atoms with E-state index < -0.39 is 0 Å². The van der Waals surface area contributed by atoms with Crippen molar-refractivity contribution >= 4 is 22.9 Å². The number of rotatable bonds is 6. The fourth-order valence-electron chi connectivity index (χ4n) is 2.19. The van der Waals surface area contributed by atoms with E-state index in [1.807, 2.05) is 18.4 Å². The third-order valence-corrected chi connectivity index (χ3v) is 4.43. The number of carbonyl (C=O) groups excluding carboxylic acids is 1. The standard InChI is InChI=1S/C16H19FN2OS/c1-3-19(11-15-5-4-10-21-15)12(2)16(20)18-14-8-6-13(17)7-9-14/h4-10,12H,3,11H2,1-2H3,(H,18,20)/p+1/t12-/m0/s1. The molecular formula is C16H20FN2OS+. The molecular weight excluding hydrogens is 287 g/mol. The van der Waals surface area contributed by atoms with Crippen molar-refractivity contribution in [1.29, 1.82) is 0 Å². The van der Waals surface area contributed by atoms with Crippen LogP contribution >= 0.6 is 11.3 Å². The van der Waals surface area contributed by atoms with Crippen LogP contribution in [0.1, 0.15) is 18.7 Å². The molecule has 0 aliphatic rings. The Balaban J connectivity index is 1.97. The van der Waals surface area contributed by atoms with Gasteiger partial charge in [0.2, 0.25) is 0 Å². The Labute approximate surface area is 128 Å². The number of likely N-dealkylation sites (N-methyl/N-ethyl adjacent to an activating group) is 1. The van der Waals surface area contributed by atoms with Crippen LogP contribution in [0, 0.1) is 5.82 Å². The zero-order chi connectivity index (χ0) is 15.2. The second kappa shape index (κ2) is 7.33. The summed E-state index contributed by atoms with van der Waals surface area (Å²) >= 11 is 1.71. The smallest absolute Gasteiger partial charge is 0.282 e. The summed E-state index contributed by atoms with van der Waals surface area (Å²) in [6.07, 6.45) is 0. The lowest BCUT2D eigenvalue weighted by Crippen LogP contribution is -3.15. The van der Waals surface area contributed by atoms with Gasteiger partial charge in [0, 0.05) is 5.69 Å². The maximum absolute atomic E-state index is 12.9. The number of benzene rings is 1. The van der Waals surface area contributed by atoms with Gasteiger partial charge in [-0.25, -0.2) is 4.39 Å². The molecule has 1 amide bonds. The van der Waals surface area contributed by atoms with Crippen LogP contribution in [0.15, 0.2) is 41.8 Å². The summed E-state index contributed by atoms with van der Waals surface area (Å²) in [7, 11) is 0. The van der Waals surface area contributed by atoms with Crippen LogP contribution in [0.2, 0.25) is 0 Å². The van der Waals surface area contributed by atoms with Gasteiger partial charge in [0.05, 0.1) is 11.4 Å². The van der Waals surface area contributed by atoms with Crippen LogP contribution in [0.25, 0.3) is 0 Å². The molecule has 3 nitrogen and oxygen atoms in total. The first-order chi connectivity index (χ1) is 10.1. The number of nitrogens with one attached hydrogen (secondary N) is 2. The second-order valence-corrected chi connectivity index (χ2v) is 6.02. The molecule has 0 saturated carbocycles. The van der Waals surface area contributed by atoms with E-state index in [0.717, 1.165) is 13.1 Å². The summed E-state index contributed by atoms with van der Waals surface area (Å²) in [5, 5.41) is 4.89. The minimum absolute atomic E-state index is 0.0463. The molecule has 1 heterocycles. The van der Waals surface area contributed by atoms with Crippen LogP contribution in [-0.4, -0.2) is 18.5 Å². The lowest BCUT2D eigenvalue weighted by atomic mass is 10.2. The molecule has 2 rings (SSSR count). The average molecular weight is 307 g/mol. The van der Waals surface area contributed by atoms with E-state index in [2.05, 4.69) is 18.3 Å². The number of amides is 1. The lowest BCUT2D eigenvalue weighted by molar-refractivity contribution is -0.925. The van der Waals surface area contributed by atoms with Crippen molar-refractivity contribution in [2.75, 3.05) is 11.9 Å². The largest absolute Gasteiger partial charge is 0.321 e. The first kappa shape index (κ1) is 15.7. The highest BCUT2D eigenvalue weighted by molar-refractivity contribution is 7.09. The molecule has 0 spiro atoms. The molecule has 2 aromatic rings. The number of hydrogen-bond acceptors (Lipinski definition) is 2. The predicted octanol–water partition coefficient (Wildman–Crippen LogP) is 2.32. The Bertz CT molecular complexity index is 568. The van der Waals surface area contributed by atoms with Crippen molar-refractivity contribution in [3.05, 3.63) is 52.5 Å². The maximum atomic E-state index is 12.9. The normalized spacial score (nSPS) is 13.7. The quantitative estimate of drug-likeness (QED) is 0.844. The predicted molar refractivity (Wildman–Crippen MR) is 84.0 cm³/mol. The number of thiophene rings is 1. The maximum Gasteiger partial charge on any atom is 0.282 e. The van der Waals surface area contributed by atoms with Crippen molar-refractivity contribution < 1.29 is 14.1 Å². The Hall–Kier alpha value is -1.72. The summed E-state index contributed by atoms with van der Waals surface area (Å²) in [5.41, 5.74) is 0.625. The topological polar surface area (TPSA) is 33.5 Å². The first-order valence-electron chi connectivity index (χ1n) is 7.03. The van der Waals surface area contributed by atoms with Crippen LogP contribution in [0.5, 0.6) is 0 Å². The third kappa shape index (κ3) is 4.37. The number of carbonyl (C=O) groups is 1. The molecule has 0 fully saturated rings. The number of hydrogen-bond donors (Lipinski definition) is 2. The molecule has 0 bridgehead atoms. The molecule has 0 aliphatic heterocycles. The van der Waals surface area contributed by atoms with E-state index in [1.165, 1.54) is 21.9 Å². The van der Waals surface area contributed by atoms with Crippen molar-refractivity contribution in [3.63, 3.8) is 0 Å². The van der Waals surface area contributed by atoms with Gasteiger partial charge >= 0.3 is 0 Å². The van der Waals surface area contributed by atoms with Gasteiger partial charge in [0.25, 0.3) is 5.91 Å². The molecule has 1 aromatic heterocycles. The van der Waals surface area contributed by atoms with Crippen LogP contribution in [-0.2, 0) is 11.3 Å². The number of halogens is 1.